The molecule has 1 heterocycles. The lowest BCUT2D eigenvalue weighted by molar-refractivity contribution is 0.0951. The van der Waals surface area contributed by atoms with Crippen LogP contribution in [0.3, 0.4) is 0 Å². The van der Waals surface area contributed by atoms with Gasteiger partial charge < -0.3 is 5.32 Å². The lowest BCUT2D eigenvalue weighted by atomic mass is 10.1. The van der Waals surface area contributed by atoms with Crippen LogP contribution < -0.4 is 10.0 Å². The molecule has 1 aromatic heterocycles. The number of amides is 1. The van der Waals surface area contributed by atoms with Crippen LogP contribution in [0.4, 0.5) is 0 Å². The van der Waals surface area contributed by atoms with Gasteiger partial charge in [0.05, 0.1) is 11.4 Å². The smallest absolute Gasteiger partial charge is 0.251 e. The lowest BCUT2D eigenvalue weighted by Crippen LogP contribution is -2.23. The van der Waals surface area contributed by atoms with E-state index in [1.165, 1.54) is 19.2 Å². The molecule has 0 atom stereocenters. The van der Waals surface area contributed by atoms with Crippen LogP contribution in [0, 0.1) is 0 Å². The monoisotopic (exact) mass is 384 g/mol. The summed E-state index contributed by atoms with van der Waals surface area (Å²) in [6.07, 6.45) is 3.61. The number of aromatic nitrogens is 2. The zero-order valence-corrected chi connectivity index (χ0v) is 15.6. The molecule has 0 aliphatic rings. The number of nitrogens with zero attached hydrogens (tertiary/aromatic N) is 2. The number of hydrogen-bond donors (Lipinski definition) is 2. The molecule has 2 N–H and O–H groups in total. The molecule has 0 aliphatic carbocycles. The van der Waals surface area contributed by atoms with E-state index in [9.17, 15) is 13.2 Å². The molecule has 0 saturated carbocycles. The van der Waals surface area contributed by atoms with Crippen molar-refractivity contribution in [3.63, 3.8) is 0 Å². The van der Waals surface area contributed by atoms with E-state index < -0.39 is 10.0 Å². The summed E-state index contributed by atoms with van der Waals surface area (Å²) in [7, 11) is -2.09. The van der Waals surface area contributed by atoms with Crippen molar-refractivity contribution in [3.05, 3.63) is 83.7 Å². The van der Waals surface area contributed by atoms with Gasteiger partial charge >= 0.3 is 0 Å². The SMILES string of the molecule is CNS(=O)(=O)c1ccc(CNC(=O)c2ccc(Cn3cccn3)cc2)cc1. The van der Waals surface area contributed by atoms with Crippen LogP contribution in [0.2, 0.25) is 0 Å². The minimum atomic E-state index is -3.46. The largest absolute Gasteiger partial charge is 0.348 e. The Bertz CT molecular complexity index is 996. The molecule has 1 amide bonds. The van der Waals surface area contributed by atoms with Crippen molar-refractivity contribution >= 4 is 15.9 Å². The molecule has 0 unspecified atom stereocenters. The molecule has 3 aromatic rings. The number of hydrogen-bond acceptors (Lipinski definition) is 4. The highest BCUT2D eigenvalue weighted by molar-refractivity contribution is 7.89. The van der Waals surface area contributed by atoms with E-state index in [-0.39, 0.29) is 10.8 Å². The van der Waals surface area contributed by atoms with Crippen LogP contribution in [0.15, 0.2) is 71.9 Å². The van der Waals surface area contributed by atoms with E-state index in [1.54, 1.807) is 30.5 Å². The van der Waals surface area contributed by atoms with E-state index in [2.05, 4.69) is 15.1 Å². The number of rotatable bonds is 7. The summed E-state index contributed by atoms with van der Waals surface area (Å²) in [5.74, 6) is -0.187. The van der Waals surface area contributed by atoms with Crippen molar-refractivity contribution in [2.24, 2.45) is 0 Å². The van der Waals surface area contributed by atoms with Gasteiger partial charge in [-0.3, -0.25) is 9.48 Å². The minimum absolute atomic E-state index is 0.187. The zero-order chi connectivity index (χ0) is 19.3. The van der Waals surface area contributed by atoms with Gasteiger partial charge in [-0.2, -0.15) is 5.10 Å². The highest BCUT2D eigenvalue weighted by Crippen LogP contribution is 2.11. The third kappa shape index (κ3) is 4.81. The Balaban J connectivity index is 1.57. The van der Waals surface area contributed by atoms with Crippen molar-refractivity contribution < 1.29 is 13.2 Å². The van der Waals surface area contributed by atoms with Crippen LogP contribution in [0.1, 0.15) is 21.5 Å². The molecule has 3 rings (SSSR count). The van der Waals surface area contributed by atoms with Gasteiger partial charge in [0.2, 0.25) is 10.0 Å². The first-order valence-corrected chi connectivity index (χ1v) is 9.83. The Morgan fingerprint density at radius 3 is 2.30 bits per heavy atom. The maximum Gasteiger partial charge on any atom is 0.251 e. The fourth-order valence-corrected chi connectivity index (χ4v) is 3.26. The van der Waals surface area contributed by atoms with Crippen molar-refractivity contribution in [1.29, 1.82) is 0 Å². The summed E-state index contributed by atoms with van der Waals surface area (Å²) in [6, 6.07) is 15.6. The summed E-state index contributed by atoms with van der Waals surface area (Å²) in [5, 5.41) is 6.99. The predicted molar refractivity (Wildman–Crippen MR) is 102 cm³/mol. The predicted octanol–water partition coefficient (Wildman–Crippen LogP) is 1.77. The number of nitrogens with one attached hydrogen (secondary N) is 2. The fraction of sp³-hybridized carbons (Fsp3) is 0.158. The highest BCUT2D eigenvalue weighted by Gasteiger charge is 2.11. The number of sulfonamides is 1. The summed E-state index contributed by atoms with van der Waals surface area (Å²) in [6.45, 7) is 0.963. The van der Waals surface area contributed by atoms with Crippen molar-refractivity contribution in [1.82, 2.24) is 19.8 Å². The van der Waals surface area contributed by atoms with E-state index in [0.29, 0.717) is 18.7 Å². The Kier molecular flexibility index (Phi) is 5.68. The van der Waals surface area contributed by atoms with Crippen LogP contribution in [-0.2, 0) is 23.1 Å². The molecule has 27 heavy (non-hydrogen) atoms. The summed E-state index contributed by atoms with van der Waals surface area (Å²) >= 11 is 0. The van der Waals surface area contributed by atoms with Crippen LogP contribution in [-0.4, -0.2) is 31.2 Å². The topological polar surface area (TPSA) is 93.1 Å². The third-order valence-corrected chi connectivity index (χ3v) is 5.51. The Morgan fingerprint density at radius 2 is 1.70 bits per heavy atom. The molecule has 0 fully saturated rings. The molecule has 2 aromatic carbocycles. The highest BCUT2D eigenvalue weighted by atomic mass is 32.2. The second kappa shape index (κ2) is 8.15. The minimum Gasteiger partial charge on any atom is -0.348 e. The van der Waals surface area contributed by atoms with Gasteiger partial charge in [0.15, 0.2) is 0 Å². The number of carbonyl (C=O) groups is 1. The Hall–Kier alpha value is -2.97. The second-order valence-corrected chi connectivity index (χ2v) is 7.82. The van der Waals surface area contributed by atoms with Gasteiger partial charge in [0, 0.05) is 24.5 Å². The Morgan fingerprint density at radius 1 is 1.04 bits per heavy atom. The zero-order valence-electron chi connectivity index (χ0n) is 14.8. The van der Waals surface area contributed by atoms with Gasteiger partial charge in [-0.1, -0.05) is 24.3 Å². The third-order valence-electron chi connectivity index (χ3n) is 4.08. The molecule has 140 valence electrons. The second-order valence-electron chi connectivity index (χ2n) is 5.93. The standard InChI is InChI=1S/C19H20N4O3S/c1-20-27(25,26)18-9-5-15(6-10-18)13-21-19(24)17-7-3-16(4-8-17)14-23-12-2-11-22-23/h2-12,20H,13-14H2,1H3,(H,21,24). The van der Waals surface area contributed by atoms with E-state index in [4.69, 9.17) is 0 Å². The van der Waals surface area contributed by atoms with Crippen molar-refractivity contribution in [2.75, 3.05) is 7.05 Å². The normalized spacial score (nSPS) is 11.3. The molecular weight excluding hydrogens is 364 g/mol. The molecule has 0 bridgehead atoms. The van der Waals surface area contributed by atoms with Crippen molar-refractivity contribution in [3.8, 4) is 0 Å². The van der Waals surface area contributed by atoms with Gasteiger partial charge in [-0.25, -0.2) is 13.1 Å². The number of benzene rings is 2. The van der Waals surface area contributed by atoms with E-state index >= 15 is 0 Å². The fourth-order valence-electron chi connectivity index (χ4n) is 2.53. The average Bonchev–Trinajstić information content (AvgIpc) is 3.20. The first-order valence-electron chi connectivity index (χ1n) is 8.35. The first kappa shape index (κ1) is 18.8. The van der Waals surface area contributed by atoms with Crippen LogP contribution in [0.25, 0.3) is 0 Å². The average molecular weight is 384 g/mol. The van der Waals surface area contributed by atoms with Crippen molar-refractivity contribution in [2.45, 2.75) is 18.0 Å². The van der Waals surface area contributed by atoms with Gasteiger partial charge in [-0.15, -0.1) is 0 Å². The molecule has 7 nitrogen and oxygen atoms in total. The molecule has 0 aliphatic heterocycles. The van der Waals surface area contributed by atoms with Gasteiger partial charge in [0.1, 0.15) is 0 Å². The molecule has 0 spiro atoms. The maximum atomic E-state index is 12.3. The van der Waals surface area contributed by atoms with Gasteiger partial charge in [-0.05, 0) is 48.5 Å². The molecular formula is C19H20N4O3S. The first-order chi connectivity index (χ1) is 13.0. The quantitative estimate of drug-likeness (QED) is 0.649. The van der Waals surface area contributed by atoms with E-state index in [0.717, 1.165) is 11.1 Å². The summed E-state index contributed by atoms with van der Waals surface area (Å²) < 4.78 is 27.5. The van der Waals surface area contributed by atoms with Crippen LogP contribution in [0.5, 0.6) is 0 Å². The Labute approximate surface area is 158 Å². The molecule has 0 saturated heterocycles. The summed E-state index contributed by atoms with van der Waals surface area (Å²) in [5.41, 5.74) is 2.43. The van der Waals surface area contributed by atoms with Gasteiger partial charge in [0.25, 0.3) is 5.91 Å². The summed E-state index contributed by atoms with van der Waals surface area (Å²) in [4.78, 5) is 12.5. The molecule has 0 radical (unpaired) electrons. The lowest BCUT2D eigenvalue weighted by Gasteiger charge is -2.08. The maximum absolute atomic E-state index is 12.3. The number of carbonyl (C=O) groups excluding carboxylic acids is 1. The van der Waals surface area contributed by atoms with Crippen LogP contribution >= 0.6 is 0 Å². The molecule has 8 heteroatoms. The van der Waals surface area contributed by atoms with E-state index in [1.807, 2.05) is 29.1 Å².